The van der Waals surface area contributed by atoms with Gasteiger partial charge in [0, 0.05) is 9.78 Å². The van der Waals surface area contributed by atoms with Crippen LogP contribution in [0.15, 0.2) is 94.1 Å². The zero-order valence-electron chi connectivity index (χ0n) is 16.6. The van der Waals surface area contributed by atoms with Crippen molar-refractivity contribution in [3.63, 3.8) is 0 Å². The van der Waals surface area contributed by atoms with Crippen LogP contribution in [0.4, 0.5) is 27.5 Å². The number of barbiturate groups is 1. The number of nitrogens with zero attached hydrogens (tertiary/aromatic N) is 4. The minimum absolute atomic E-state index is 0.381. The van der Waals surface area contributed by atoms with Gasteiger partial charge < -0.3 is 0 Å². The molecule has 3 aromatic carbocycles. The van der Waals surface area contributed by atoms with Crippen LogP contribution in [0.2, 0.25) is 0 Å². The highest BCUT2D eigenvalue weighted by Gasteiger charge is 2.40. The fourth-order valence-electron chi connectivity index (χ4n) is 2.93. The second-order valence-electron chi connectivity index (χ2n) is 6.75. The summed E-state index contributed by atoms with van der Waals surface area (Å²) < 4.78 is 0.956. The Morgan fingerprint density at radius 3 is 2.03 bits per heavy atom. The highest BCUT2D eigenvalue weighted by molar-refractivity contribution is 14.1. The monoisotopic (exact) mass is 537 g/mol. The molecular weight excluding hydrogens is 521 g/mol. The van der Waals surface area contributed by atoms with Crippen LogP contribution >= 0.6 is 22.6 Å². The van der Waals surface area contributed by atoms with Gasteiger partial charge in [-0.15, -0.1) is 0 Å². The standard InChI is InChI=1S/C23H16IN5O3/c24-15-6-12-19(13-7-15)29-22(31)20(21(30)26-23(29)32)14-25-16-8-10-18(11-9-16)28-27-17-4-2-1-3-5-17/h1-14,20H,(H,26,30,32)/t20-/m0/s1. The van der Waals surface area contributed by atoms with Crippen LogP contribution in [0.1, 0.15) is 0 Å². The Hall–Kier alpha value is -3.73. The maximum Gasteiger partial charge on any atom is 0.335 e. The summed E-state index contributed by atoms with van der Waals surface area (Å²) in [7, 11) is 0. The van der Waals surface area contributed by atoms with Gasteiger partial charge in [0.2, 0.25) is 5.91 Å². The number of hydrogen-bond donors (Lipinski definition) is 1. The molecule has 4 rings (SSSR count). The first-order chi connectivity index (χ1) is 15.5. The van der Waals surface area contributed by atoms with Crippen LogP contribution in [-0.4, -0.2) is 24.1 Å². The zero-order valence-corrected chi connectivity index (χ0v) is 18.7. The molecule has 0 saturated carbocycles. The third-order valence-corrected chi connectivity index (χ3v) is 5.27. The summed E-state index contributed by atoms with van der Waals surface area (Å²) in [4.78, 5) is 42.5. The fourth-order valence-corrected chi connectivity index (χ4v) is 3.29. The molecule has 0 aliphatic carbocycles. The number of carbonyl (C=O) groups is 3. The number of hydrogen-bond acceptors (Lipinski definition) is 6. The largest absolute Gasteiger partial charge is 0.335 e. The Balaban J connectivity index is 1.48. The van der Waals surface area contributed by atoms with E-state index in [1.54, 1.807) is 48.5 Å². The van der Waals surface area contributed by atoms with Crippen molar-refractivity contribution in [2.75, 3.05) is 4.90 Å². The highest BCUT2D eigenvalue weighted by Crippen LogP contribution is 2.24. The number of azo groups is 1. The zero-order chi connectivity index (χ0) is 22.5. The van der Waals surface area contributed by atoms with Crippen LogP contribution in [0.3, 0.4) is 0 Å². The number of nitrogens with one attached hydrogen (secondary N) is 1. The SMILES string of the molecule is O=C1NC(=O)N(c2ccc(I)cc2)C(=O)[C@H]1C=Nc1ccc(N=Nc2ccccc2)cc1. The van der Waals surface area contributed by atoms with Crippen molar-refractivity contribution in [1.82, 2.24) is 5.32 Å². The van der Waals surface area contributed by atoms with Crippen molar-refractivity contribution < 1.29 is 14.4 Å². The summed E-state index contributed by atoms with van der Waals surface area (Å²) in [6.07, 6.45) is 1.24. The number of amides is 4. The quantitative estimate of drug-likeness (QED) is 0.207. The van der Waals surface area contributed by atoms with Crippen molar-refractivity contribution in [2.24, 2.45) is 21.1 Å². The van der Waals surface area contributed by atoms with Gasteiger partial charge in [0.25, 0.3) is 5.91 Å². The van der Waals surface area contributed by atoms with Crippen LogP contribution < -0.4 is 10.2 Å². The Labute approximate surface area is 197 Å². The highest BCUT2D eigenvalue weighted by atomic mass is 127. The number of urea groups is 1. The molecule has 0 spiro atoms. The molecule has 4 amide bonds. The van der Waals surface area contributed by atoms with Gasteiger partial charge in [-0.1, -0.05) is 18.2 Å². The second kappa shape index (κ2) is 9.60. The number of carbonyl (C=O) groups excluding carboxylic acids is 3. The van der Waals surface area contributed by atoms with Crippen LogP contribution in [0.25, 0.3) is 0 Å². The lowest BCUT2D eigenvalue weighted by atomic mass is 10.1. The molecule has 8 nitrogen and oxygen atoms in total. The van der Waals surface area contributed by atoms with E-state index in [2.05, 4.69) is 43.1 Å². The van der Waals surface area contributed by atoms with E-state index >= 15 is 0 Å². The minimum atomic E-state index is -1.22. The van der Waals surface area contributed by atoms with E-state index in [4.69, 9.17) is 0 Å². The van der Waals surface area contributed by atoms with E-state index in [1.165, 1.54) is 6.21 Å². The lowest BCUT2D eigenvalue weighted by Gasteiger charge is -2.28. The molecule has 9 heteroatoms. The number of imide groups is 2. The smallest absolute Gasteiger partial charge is 0.276 e. The number of aliphatic imine (C=N–C) groups is 1. The van der Waals surface area contributed by atoms with Gasteiger partial charge in [-0.25, -0.2) is 9.69 Å². The summed E-state index contributed by atoms with van der Waals surface area (Å²) in [5.74, 6) is -2.58. The van der Waals surface area contributed by atoms with Gasteiger partial charge in [0.05, 0.1) is 22.7 Å². The molecule has 0 radical (unpaired) electrons. The van der Waals surface area contributed by atoms with Crippen molar-refractivity contribution in [3.8, 4) is 0 Å². The minimum Gasteiger partial charge on any atom is -0.276 e. The average molecular weight is 537 g/mol. The van der Waals surface area contributed by atoms with E-state index in [0.717, 1.165) is 14.2 Å². The summed E-state index contributed by atoms with van der Waals surface area (Å²) in [5.41, 5.74) is 2.28. The topological polar surface area (TPSA) is 104 Å². The lowest BCUT2D eigenvalue weighted by Crippen LogP contribution is -2.58. The number of halogens is 1. The third kappa shape index (κ3) is 4.94. The molecular formula is C23H16IN5O3. The molecule has 1 aliphatic heterocycles. The molecule has 32 heavy (non-hydrogen) atoms. The van der Waals surface area contributed by atoms with Crippen molar-refractivity contribution in [1.29, 1.82) is 0 Å². The van der Waals surface area contributed by atoms with Gasteiger partial charge in [-0.3, -0.25) is 19.9 Å². The van der Waals surface area contributed by atoms with Crippen LogP contribution in [0.5, 0.6) is 0 Å². The van der Waals surface area contributed by atoms with Gasteiger partial charge >= 0.3 is 6.03 Å². The van der Waals surface area contributed by atoms with Gasteiger partial charge in [0.15, 0.2) is 5.92 Å². The van der Waals surface area contributed by atoms with Gasteiger partial charge in [0.1, 0.15) is 0 Å². The van der Waals surface area contributed by atoms with Gasteiger partial charge in [-0.2, -0.15) is 10.2 Å². The first kappa shape index (κ1) is 21.5. The van der Waals surface area contributed by atoms with E-state index in [9.17, 15) is 14.4 Å². The molecule has 0 bridgehead atoms. The average Bonchev–Trinajstić information content (AvgIpc) is 2.80. The normalized spacial score (nSPS) is 16.7. The number of benzene rings is 3. The van der Waals surface area contributed by atoms with E-state index in [-0.39, 0.29) is 0 Å². The van der Waals surface area contributed by atoms with Crippen molar-refractivity contribution in [3.05, 3.63) is 82.4 Å². The Morgan fingerprint density at radius 1 is 0.781 bits per heavy atom. The Kier molecular flexibility index (Phi) is 6.45. The van der Waals surface area contributed by atoms with E-state index in [1.807, 2.05) is 30.3 Å². The predicted octanol–water partition coefficient (Wildman–Crippen LogP) is 5.31. The maximum atomic E-state index is 12.9. The Morgan fingerprint density at radius 2 is 1.38 bits per heavy atom. The molecule has 1 atom stereocenters. The molecule has 1 fully saturated rings. The Bertz CT molecular complexity index is 1210. The molecule has 1 saturated heterocycles. The summed E-state index contributed by atoms with van der Waals surface area (Å²) in [6.45, 7) is 0. The fraction of sp³-hybridized carbons (Fsp3) is 0.0435. The first-order valence-corrected chi connectivity index (χ1v) is 10.6. The van der Waals surface area contributed by atoms with Crippen LogP contribution in [-0.2, 0) is 9.59 Å². The third-order valence-electron chi connectivity index (χ3n) is 4.55. The molecule has 0 unspecified atom stereocenters. The first-order valence-electron chi connectivity index (χ1n) is 9.57. The number of anilines is 1. The summed E-state index contributed by atoms with van der Waals surface area (Å²) >= 11 is 2.12. The summed E-state index contributed by atoms with van der Waals surface area (Å²) in [6, 6.07) is 22.2. The maximum absolute atomic E-state index is 12.9. The number of rotatable bonds is 5. The molecule has 3 aromatic rings. The van der Waals surface area contributed by atoms with Crippen molar-refractivity contribution in [2.45, 2.75) is 0 Å². The lowest BCUT2D eigenvalue weighted by molar-refractivity contribution is -0.131. The summed E-state index contributed by atoms with van der Waals surface area (Å²) in [5, 5.41) is 10.5. The van der Waals surface area contributed by atoms with Crippen molar-refractivity contribution >= 4 is 69.4 Å². The van der Waals surface area contributed by atoms with E-state index < -0.39 is 23.8 Å². The predicted molar refractivity (Wildman–Crippen MR) is 129 cm³/mol. The molecule has 1 N–H and O–H groups in total. The molecule has 158 valence electrons. The second-order valence-corrected chi connectivity index (χ2v) is 8.00. The molecule has 0 aromatic heterocycles. The van der Waals surface area contributed by atoms with Gasteiger partial charge in [-0.05, 0) is 83.3 Å². The van der Waals surface area contributed by atoms with E-state index in [0.29, 0.717) is 17.1 Å². The molecule has 1 aliphatic rings. The van der Waals surface area contributed by atoms with Crippen LogP contribution in [0, 0.1) is 9.49 Å². The molecule has 1 heterocycles.